The summed E-state index contributed by atoms with van der Waals surface area (Å²) in [6.07, 6.45) is 0. The molecule has 0 saturated carbocycles. The molecule has 2 aromatic carbocycles. The van der Waals surface area contributed by atoms with Gasteiger partial charge in [0.15, 0.2) is 0 Å². The summed E-state index contributed by atoms with van der Waals surface area (Å²) in [5.74, 6) is -2.02. The second-order valence-electron chi connectivity index (χ2n) is 5.99. The zero-order chi connectivity index (χ0) is 19.7. The van der Waals surface area contributed by atoms with Crippen molar-refractivity contribution in [3.05, 3.63) is 92.7 Å². The van der Waals surface area contributed by atoms with Gasteiger partial charge in [-0.3, -0.25) is 4.79 Å². The molecule has 0 unspecified atom stereocenters. The smallest absolute Gasteiger partial charge is 0.388 e. The lowest BCUT2D eigenvalue weighted by Gasteiger charge is -2.08. The van der Waals surface area contributed by atoms with Crippen molar-refractivity contribution in [2.45, 2.75) is 6.54 Å². The molecular formula is C19H12F2N4O3. The SMILES string of the molecule is O=c1[nH]nc(-c2cccc(Cn3nc(-c4cc(F)cc(F)c4)ccc3=O)c2)o1. The highest BCUT2D eigenvalue weighted by molar-refractivity contribution is 5.58. The fraction of sp³-hybridized carbons (Fsp3) is 0.0526. The highest BCUT2D eigenvalue weighted by Crippen LogP contribution is 2.20. The Kier molecular flexibility index (Phi) is 4.40. The van der Waals surface area contributed by atoms with Crippen LogP contribution in [0.15, 0.2) is 68.6 Å². The summed E-state index contributed by atoms with van der Waals surface area (Å²) in [5.41, 5.74) is 1.34. The Labute approximate surface area is 155 Å². The van der Waals surface area contributed by atoms with Crippen LogP contribution in [0.5, 0.6) is 0 Å². The average Bonchev–Trinajstić information content (AvgIpc) is 3.09. The van der Waals surface area contributed by atoms with E-state index in [-0.39, 0.29) is 29.3 Å². The first-order valence-electron chi connectivity index (χ1n) is 8.17. The fourth-order valence-electron chi connectivity index (χ4n) is 2.75. The van der Waals surface area contributed by atoms with Crippen LogP contribution in [0.25, 0.3) is 22.7 Å². The van der Waals surface area contributed by atoms with E-state index in [1.165, 1.54) is 16.8 Å². The molecule has 0 fully saturated rings. The van der Waals surface area contributed by atoms with Crippen LogP contribution in [0.1, 0.15) is 5.56 Å². The topological polar surface area (TPSA) is 93.8 Å². The van der Waals surface area contributed by atoms with Gasteiger partial charge in [0.05, 0.1) is 12.2 Å². The van der Waals surface area contributed by atoms with Crippen LogP contribution in [0.4, 0.5) is 8.78 Å². The molecule has 4 rings (SSSR count). The second-order valence-corrected chi connectivity index (χ2v) is 5.99. The quantitative estimate of drug-likeness (QED) is 0.586. The van der Waals surface area contributed by atoms with Crippen molar-refractivity contribution in [1.82, 2.24) is 20.0 Å². The number of benzene rings is 2. The van der Waals surface area contributed by atoms with E-state index in [0.717, 1.165) is 18.2 Å². The maximum atomic E-state index is 13.5. The molecule has 0 atom stereocenters. The lowest BCUT2D eigenvalue weighted by Crippen LogP contribution is -2.22. The Morgan fingerprint density at radius 3 is 2.46 bits per heavy atom. The fourth-order valence-corrected chi connectivity index (χ4v) is 2.75. The Balaban J connectivity index is 1.69. The molecule has 0 spiro atoms. The third kappa shape index (κ3) is 3.63. The summed E-state index contributed by atoms with van der Waals surface area (Å²) < 4.78 is 33.0. The molecular weight excluding hydrogens is 370 g/mol. The highest BCUT2D eigenvalue weighted by Gasteiger charge is 2.09. The zero-order valence-corrected chi connectivity index (χ0v) is 14.2. The van der Waals surface area contributed by atoms with Gasteiger partial charge in [-0.15, -0.1) is 5.10 Å². The van der Waals surface area contributed by atoms with Gasteiger partial charge >= 0.3 is 5.76 Å². The van der Waals surface area contributed by atoms with Crippen LogP contribution in [0.2, 0.25) is 0 Å². The lowest BCUT2D eigenvalue weighted by atomic mass is 10.1. The minimum absolute atomic E-state index is 0.104. The predicted molar refractivity (Wildman–Crippen MR) is 95.5 cm³/mol. The van der Waals surface area contributed by atoms with Crippen molar-refractivity contribution in [2.75, 3.05) is 0 Å². The van der Waals surface area contributed by atoms with Gasteiger partial charge < -0.3 is 4.42 Å². The van der Waals surface area contributed by atoms with Crippen LogP contribution in [0.3, 0.4) is 0 Å². The van der Waals surface area contributed by atoms with Gasteiger partial charge in [-0.25, -0.2) is 23.4 Å². The van der Waals surface area contributed by atoms with Gasteiger partial charge in [0.2, 0.25) is 5.89 Å². The second kappa shape index (κ2) is 7.03. The molecule has 0 aliphatic carbocycles. The molecule has 4 aromatic rings. The molecule has 1 N–H and O–H groups in total. The van der Waals surface area contributed by atoms with Gasteiger partial charge in [0.25, 0.3) is 5.56 Å². The Bertz CT molecular complexity index is 1260. The number of nitrogens with one attached hydrogen (secondary N) is 1. The molecule has 9 heteroatoms. The Morgan fingerprint density at radius 1 is 0.964 bits per heavy atom. The van der Waals surface area contributed by atoms with Gasteiger partial charge in [-0.1, -0.05) is 12.1 Å². The average molecular weight is 382 g/mol. The van der Waals surface area contributed by atoms with Crippen molar-refractivity contribution in [3.63, 3.8) is 0 Å². The Morgan fingerprint density at radius 2 is 1.75 bits per heavy atom. The summed E-state index contributed by atoms with van der Waals surface area (Å²) >= 11 is 0. The van der Waals surface area contributed by atoms with Crippen LogP contribution < -0.4 is 11.3 Å². The number of halogens is 2. The van der Waals surface area contributed by atoms with E-state index in [1.807, 2.05) is 0 Å². The summed E-state index contributed by atoms with van der Waals surface area (Å²) in [4.78, 5) is 23.3. The molecule has 0 amide bonds. The van der Waals surface area contributed by atoms with Crippen molar-refractivity contribution in [3.8, 4) is 22.7 Å². The molecule has 0 radical (unpaired) electrons. The maximum Gasteiger partial charge on any atom is 0.434 e. The van der Waals surface area contributed by atoms with E-state index in [0.29, 0.717) is 11.1 Å². The molecule has 2 heterocycles. The third-order valence-corrected chi connectivity index (χ3v) is 3.97. The molecule has 0 aliphatic rings. The minimum atomic E-state index is -0.734. The van der Waals surface area contributed by atoms with Crippen molar-refractivity contribution >= 4 is 0 Å². The van der Waals surface area contributed by atoms with Crippen LogP contribution in [-0.2, 0) is 6.54 Å². The molecule has 0 bridgehead atoms. The number of aromatic amines is 1. The number of hydrogen-bond acceptors (Lipinski definition) is 5. The largest absolute Gasteiger partial charge is 0.434 e. The zero-order valence-electron chi connectivity index (χ0n) is 14.2. The van der Waals surface area contributed by atoms with E-state index in [1.54, 1.807) is 24.3 Å². The first kappa shape index (κ1) is 17.5. The first-order valence-corrected chi connectivity index (χ1v) is 8.17. The molecule has 0 saturated heterocycles. The number of hydrogen-bond donors (Lipinski definition) is 1. The minimum Gasteiger partial charge on any atom is -0.388 e. The Hall–Kier alpha value is -3.88. The van der Waals surface area contributed by atoms with Gasteiger partial charge in [-0.2, -0.15) is 5.10 Å². The van der Waals surface area contributed by atoms with Crippen molar-refractivity contribution in [1.29, 1.82) is 0 Å². The van der Waals surface area contributed by atoms with E-state index in [4.69, 9.17) is 4.42 Å². The third-order valence-electron chi connectivity index (χ3n) is 3.97. The summed E-state index contributed by atoms with van der Waals surface area (Å²) in [6, 6.07) is 12.6. The first-order chi connectivity index (χ1) is 13.5. The van der Waals surface area contributed by atoms with Gasteiger partial charge in [0.1, 0.15) is 11.6 Å². The maximum absolute atomic E-state index is 13.5. The van der Waals surface area contributed by atoms with Gasteiger partial charge in [-0.05, 0) is 35.9 Å². The van der Waals surface area contributed by atoms with Crippen LogP contribution in [-0.4, -0.2) is 20.0 Å². The van der Waals surface area contributed by atoms with Gasteiger partial charge in [0, 0.05) is 23.3 Å². The van der Waals surface area contributed by atoms with E-state index in [9.17, 15) is 18.4 Å². The van der Waals surface area contributed by atoms with Crippen LogP contribution >= 0.6 is 0 Å². The van der Waals surface area contributed by atoms with Crippen molar-refractivity contribution in [2.24, 2.45) is 0 Å². The number of rotatable bonds is 4. The highest BCUT2D eigenvalue weighted by atomic mass is 19.1. The number of H-pyrrole nitrogens is 1. The molecule has 140 valence electrons. The monoisotopic (exact) mass is 382 g/mol. The van der Waals surface area contributed by atoms with E-state index >= 15 is 0 Å². The summed E-state index contributed by atoms with van der Waals surface area (Å²) in [5, 5.41) is 10.1. The molecule has 7 nitrogen and oxygen atoms in total. The molecule has 0 aliphatic heterocycles. The number of nitrogens with zero attached hydrogens (tertiary/aromatic N) is 3. The summed E-state index contributed by atoms with van der Waals surface area (Å²) in [6.45, 7) is 0.104. The predicted octanol–water partition coefficient (Wildman–Crippen LogP) is 2.58. The standard InChI is InChI=1S/C19H12F2N4O3/c20-14-7-13(8-15(21)9-14)16-4-5-17(26)25(24-16)10-11-2-1-3-12(6-11)18-22-23-19(27)28-18/h1-9H,10H2,(H,23,27). The van der Waals surface area contributed by atoms with E-state index in [2.05, 4.69) is 15.3 Å². The molecule has 28 heavy (non-hydrogen) atoms. The summed E-state index contributed by atoms with van der Waals surface area (Å²) in [7, 11) is 0. The molecule has 2 aromatic heterocycles. The number of aromatic nitrogens is 4. The normalized spacial score (nSPS) is 10.9. The van der Waals surface area contributed by atoms with Crippen molar-refractivity contribution < 1.29 is 13.2 Å². The lowest BCUT2D eigenvalue weighted by molar-refractivity contribution is 0.527. The van der Waals surface area contributed by atoms with Crippen LogP contribution in [0, 0.1) is 11.6 Å². The van der Waals surface area contributed by atoms with E-state index < -0.39 is 17.4 Å².